The molecule has 0 aliphatic rings. The van der Waals surface area contributed by atoms with Crippen molar-refractivity contribution in [1.29, 1.82) is 0 Å². The molecule has 3 rings (SSSR count). The van der Waals surface area contributed by atoms with Crippen LogP contribution in [-0.4, -0.2) is 16.0 Å². The van der Waals surface area contributed by atoms with E-state index in [1.807, 2.05) is 19.9 Å². The molecule has 3 aromatic rings. The lowest BCUT2D eigenvalue weighted by Crippen LogP contribution is -2.08. The topological polar surface area (TPSA) is 65.3 Å². The van der Waals surface area contributed by atoms with Crippen LogP contribution in [0.25, 0.3) is 22.0 Å². The molecule has 0 unspecified atom stereocenters. The van der Waals surface area contributed by atoms with Crippen molar-refractivity contribution in [3.05, 3.63) is 62.8 Å². The third-order valence-electron chi connectivity index (χ3n) is 3.55. The molecule has 5 nitrogen and oxygen atoms in total. The maximum atomic E-state index is 11.3. The highest BCUT2D eigenvalue weighted by Crippen LogP contribution is 2.39. The zero-order valence-corrected chi connectivity index (χ0v) is 15.0. The van der Waals surface area contributed by atoms with Gasteiger partial charge in [-0.2, -0.15) is 0 Å². The quantitative estimate of drug-likeness (QED) is 0.419. The summed E-state index contributed by atoms with van der Waals surface area (Å²) < 4.78 is 5.72. The van der Waals surface area contributed by atoms with Crippen LogP contribution in [-0.2, 0) is 0 Å². The average molecular weight is 377 g/mol. The number of ether oxygens (including phenoxy) is 1. The van der Waals surface area contributed by atoms with Crippen LogP contribution in [0.4, 0.5) is 5.69 Å². The summed E-state index contributed by atoms with van der Waals surface area (Å²) in [7, 11) is 0. The Kier molecular flexibility index (Phi) is 4.79. The van der Waals surface area contributed by atoms with E-state index in [0.717, 1.165) is 11.1 Å². The van der Waals surface area contributed by atoms with Gasteiger partial charge in [0, 0.05) is 15.6 Å². The van der Waals surface area contributed by atoms with Gasteiger partial charge in [0.1, 0.15) is 6.20 Å². The maximum Gasteiger partial charge on any atom is 0.329 e. The van der Waals surface area contributed by atoms with Crippen LogP contribution in [0.1, 0.15) is 13.8 Å². The Hall–Kier alpha value is -2.37. The highest BCUT2D eigenvalue weighted by Gasteiger charge is 2.22. The van der Waals surface area contributed by atoms with Crippen molar-refractivity contribution >= 4 is 39.8 Å². The minimum atomic E-state index is -0.493. The van der Waals surface area contributed by atoms with Crippen molar-refractivity contribution in [3.63, 3.8) is 0 Å². The summed E-state index contributed by atoms with van der Waals surface area (Å²) in [6, 6.07) is 10.6. The van der Waals surface area contributed by atoms with Crippen molar-refractivity contribution < 1.29 is 9.66 Å². The molecule has 128 valence electrons. The molecule has 2 aromatic carbocycles. The van der Waals surface area contributed by atoms with Crippen LogP contribution in [0.2, 0.25) is 10.0 Å². The van der Waals surface area contributed by atoms with Gasteiger partial charge in [-0.05, 0) is 43.7 Å². The van der Waals surface area contributed by atoms with Crippen molar-refractivity contribution in [1.82, 2.24) is 4.98 Å². The lowest BCUT2D eigenvalue weighted by molar-refractivity contribution is -0.386. The van der Waals surface area contributed by atoms with Gasteiger partial charge in [-0.3, -0.25) is 10.1 Å². The van der Waals surface area contributed by atoms with E-state index in [1.165, 1.54) is 6.20 Å². The number of para-hydroxylation sites is 1. The predicted molar refractivity (Wildman–Crippen MR) is 99.6 cm³/mol. The van der Waals surface area contributed by atoms with Gasteiger partial charge in [0.25, 0.3) is 0 Å². The molecular weight excluding hydrogens is 363 g/mol. The van der Waals surface area contributed by atoms with Gasteiger partial charge in [-0.15, -0.1) is 0 Å². The van der Waals surface area contributed by atoms with Crippen molar-refractivity contribution in [2.75, 3.05) is 0 Å². The normalized spacial score (nSPS) is 11.1. The number of nitrogens with zero attached hydrogens (tertiary/aromatic N) is 2. The van der Waals surface area contributed by atoms with Gasteiger partial charge in [-0.25, -0.2) is 4.98 Å². The van der Waals surface area contributed by atoms with Crippen LogP contribution < -0.4 is 4.74 Å². The van der Waals surface area contributed by atoms with Crippen molar-refractivity contribution in [3.8, 4) is 16.9 Å². The molecule has 0 aliphatic carbocycles. The van der Waals surface area contributed by atoms with Crippen LogP contribution in [0.5, 0.6) is 5.75 Å². The van der Waals surface area contributed by atoms with Crippen molar-refractivity contribution in [2.24, 2.45) is 0 Å². The monoisotopic (exact) mass is 376 g/mol. The molecule has 0 atom stereocenters. The Bertz CT molecular complexity index is 954. The molecule has 0 N–H and O–H groups in total. The van der Waals surface area contributed by atoms with E-state index in [1.54, 1.807) is 30.3 Å². The second-order valence-electron chi connectivity index (χ2n) is 5.76. The number of pyridine rings is 1. The third kappa shape index (κ3) is 3.52. The van der Waals surface area contributed by atoms with E-state index in [0.29, 0.717) is 20.9 Å². The summed E-state index contributed by atoms with van der Waals surface area (Å²) in [5.74, 6) is 0.208. The van der Waals surface area contributed by atoms with Crippen LogP contribution in [0.3, 0.4) is 0 Å². The van der Waals surface area contributed by atoms with Gasteiger partial charge in [0.2, 0.25) is 5.75 Å². The van der Waals surface area contributed by atoms with E-state index in [9.17, 15) is 10.1 Å². The number of hydrogen-bond acceptors (Lipinski definition) is 4. The summed E-state index contributed by atoms with van der Waals surface area (Å²) in [5, 5.41) is 12.9. The Morgan fingerprint density at radius 3 is 2.44 bits per heavy atom. The molecule has 1 aromatic heterocycles. The van der Waals surface area contributed by atoms with E-state index < -0.39 is 4.92 Å². The number of fused-ring (bicyclic) bond motifs is 1. The molecule has 1 heterocycles. The zero-order chi connectivity index (χ0) is 18.1. The fourth-order valence-corrected chi connectivity index (χ4v) is 3.15. The summed E-state index contributed by atoms with van der Waals surface area (Å²) in [5.41, 5.74) is 1.97. The molecule has 0 saturated carbocycles. The Morgan fingerprint density at radius 1 is 1.16 bits per heavy atom. The average Bonchev–Trinajstić information content (AvgIpc) is 2.52. The fraction of sp³-hybridized carbons (Fsp3) is 0.167. The second-order valence-corrected chi connectivity index (χ2v) is 6.63. The number of halogens is 2. The minimum absolute atomic E-state index is 0.164. The SMILES string of the molecule is CC(C)Oc1c([N+](=O)[O-])cnc2c(-c3cc(Cl)cc(Cl)c3)cccc12. The molecule has 0 aliphatic heterocycles. The van der Waals surface area contributed by atoms with Gasteiger partial charge in [0.15, 0.2) is 0 Å². The number of nitro groups is 1. The Morgan fingerprint density at radius 2 is 1.84 bits per heavy atom. The van der Waals surface area contributed by atoms with Gasteiger partial charge in [0.05, 0.1) is 21.9 Å². The summed E-state index contributed by atoms with van der Waals surface area (Å²) in [6.07, 6.45) is 1.00. The summed E-state index contributed by atoms with van der Waals surface area (Å²) in [6.45, 7) is 3.63. The summed E-state index contributed by atoms with van der Waals surface area (Å²) in [4.78, 5) is 15.1. The van der Waals surface area contributed by atoms with E-state index in [-0.39, 0.29) is 17.5 Å². The van der Waals surface area contributed by atoms with Gasteiger partial charge < -0.3 is 4.74 Å². The number of hydrogen-bond donors (Lipinski definition) is 0. The summed E-state index contributed by atoms with van der Waals surface area (Å²) >= 11 is 12.2. The van der Waals surface area contributed by atoms with Crippen LogP contribution >= 0.6 is 23.2 Å². The second kappa shape index (κ2) is 6.86. The number of aromatic nitrogens is 1. The first-order valence-corrected chi connectivity index (χ1v) is 8.31. The minimum Gasteiger partial charge on any atom is -0.484 e. The lowest BCUT2D eigenvalue weighted by Gasteiger charge is -2.14. The molecular formula is C18H14Cl2N2O3. The number of benzene rings is 2. The molecule has 7 heteroatoms. The highest BCUT2D eigenvalue weighted by molar-refractivity contribution is 6.35. The fourth-order valence-electron chi connectivity index (χ4n) is 2.62. The lowest BCUT2D eigenvalue weighted by atomic mass is 10.0. The maximum absolute atomic E-state index is 11.3. The van der Waals surface area contributed by atoms with E-state index in [2.05, 4.69) is 4.98 Å². The van der Waals surface area contributed by atoms with Gasteiger partial charge in [-0.1, -0.05) is 35.3 Å². The Balaban J connectivity index is 2.31. The van der Waals surface area contributed by atoms with E-state index in [4.69, 9.17) is 27.9 Å². The van der Waals surface area contributed by atoms with Crippen LogP contribution in [0.15, 0.2) is 42.6 Å². The van der Waals surface area contributed by atoms with E-state index >= 15 is 0 Å². The standard InChI is InChI=1S/C18H14Cl2N2O3/c1-10(2)25-18-15-5-3-4-14(11-6-12(19)8-13(20)7-11)17(15)21-9-16(18)22(23)24/h3-10H,1-2H3. The van der Waals surface area contributed by atoms with Crippen LogP contribution in [0, 0.1) is 10.1 Å². The largest absolute Gasteiger partial charge is 0.484 e. The third-order valence-corrected chi connectivity index (χ3v) is 3.99. The Labute approximate surface area is 154 Å². The molecule has 25 heavy (non-hydrogen) atoms. The molecule has 0 spiro atoms. The molecule has 0 radical (unpaired) electrons. The van der Waals surface area contributed by atoms with Gasteiger partial charge >= 0.3 is 5.69 Å². The first-order chi connectivity index (χ1) is 11.9. The smallest absolute Gasteiger partial charge is 0.329 e. The first-order valence-electron chi connectivity index (χ1n) is 7.56. The zero-order valence-electron chi connectivity index (χ0n) is 13.5. The molecule has 0 bridgehead atoms. The highest BCUT2D eigenvalue weighted by atomic mass is 35.5. The first kappa shape index (κ1) is 17.5. The molecule has 0 fully saturated rings. The number of rotatable bonds is 4. The van der Waals surface area contributed by atoms with Crippen molar-refractivity contribution in [2.45, 2.75) is 20.0 Å². The predicted octanol–water partition coefficient (Wildman–Crippen LogP) is 5.90. The molecule has 0 saturated heterocycles. The molecule has 0 amide bonds.